The lowest BCUT2D eigenvalue weighted by Gasteiger charge is -2.32. The Bertz CT molecular complexity index is 724. The molecule has 0 radical (unpaired) electrons. The normalized spacial score (nSPS) is 23.2. The molecule has 2 saturated carbocycles. The van der Waals surface area contributed by atoms with Crippen LogP contribution in [0.25, 0.3) is 0 Å². The number of hydrogen-bond donors (Lipinski definition) is 2. The summed E-state index contributed by atoms with van der Waals surface area (Å²) in [7, 11) is -0.615. The molecule has 1 heterocycles. The van der Waals surface area contributed by atoms with E-state index in [0.29, 0.717) is 16.6 Å². The van der Waals surface area contributed by atoms with E-state index >= 15 is 0 Å². The number of carbonyl (C=O) groups is 2. The van der Waals surface area contributed by atoms with Crippen molar-refractivity contribution >= 4 is 24.4 Å². The number of hydrogen-bond acceptors (Lipinski definition) is 4. The molecule has 1 aromatic carbocycles. The lowest BCUT2D eigenvalue weighted by Crippen LogP contribution is -2.41. The predicted molar refractivity (Wildman–Crippen MR) is 103 cm³/mol. The average molecular weight is 370 g/mol. The van der Waals surface area contributed by atoms with Gasteiger partial charge in [-0.05, 0) is 77.0 Å². The van der Waals surface area contributed by atoms with Crippen molar-refractivity contribution in [3.8, 4) is 0 Å². The van der Waals surface area contributed by atoms with Crippen molar-refractivity contribution in [3.63, 3.8) is 0 Å². The molecule has 3 aliphatic rings. The number of nitrogens with one attached hydrogen (secondary N) is 2. The zero-order valence-corrected chi connectivity index (χ0v) is 16.4. The molecule has 2 N–H and O–H groups in total. The Hall–Kier alpha value is -1.86. The highest BCUT2D eigenvalue weighted by Crippen LogP contribution is 2.36. The summed E-state index contributed by atoms with van der Waals surface area (Å²) < 4.78 is 12.2. The molecule has 0 spiro atoms. The fraction of sp³-hybridized carbons (Fsp3) is 0.600. The van der Waals surface area contributed by atoms with Crippen molar-refractivity contribution in [2.75, 3.05) is 0 Å². The molecular weight excluding hydrogens is 343 g/mol. The maximum atomic E-state index is 12.6. The Morgan fingerprint density at radius 1 is 0.852 bits per heavy atom. The van der Waals surface area contributed by atoms with E-state index in [1.54, 1.807) is 18.2 Å². The largest absolute Gasteiger partial charge is 0.494 e. The molecule has 27 heavy (non-hydrogen) atoms. The fourth-order valence-corrected chi connectivity index (χ4v) is 3.02. The first-order valence-electron chi connectivity index (χ1n) is 9.77. The first-order valence-corrected chi connectivity index (χ1v) is 9.77. The smallest absolute Gasteiger partial charge is 0.399 e. The first kappa shape index (κ1) is 18.5. The van der Waals surface area contributed by atoms with Crippen molar-refractivity contribution in [1.82, 2.24) is 10.6 Å². The van der Waals surface area contributed by atoms with Gasteiger partial charge < -0.3 is 19.9 Å². The molecule has 4 rings (SSSR count). The molecular formula is C20H27BN2O4. The minimum atomic E-state index is -0.615. The highest BCUT2D eigenvalue weighted by Gasteiger charge is 2.52. The SMILES string of the molecule is CC1(C)OB(c2cc(C(=O)NC3CC3)cc(C(=O)NC3CC3)c2)OC1(C)C. The number of benzene rings is 1. The molecule has 144 valence electrons. The van der Waals surface area contributed by atoms with Crippen LogP contribution in [-0.2, 0) is 9.31 Å². The molecule has 0 atom stereocenters. The summed E-state index contributed by atoms with van der Waals surface area (Å²) in [5.74, 6) is -0.312. The fourth-order valence-electron chi connectivity index (χ4n) is 3.02. The molecule has 1 saturated heterocycles. The van der Waals surface area contributed by atoms with E-state index in [4.69, 9.17) is 9.31 Å². The zero-order chi connectivity index (χ0) is 19.4. The van der Waals surface area contributed by atoms with Gasteiger partial charge in [0.25, 0.3) is 11.8 Å². The van der Waals surface area contributed by atoms with Crippen LogP contribution in [0.15, 0.2) is 18.2 Å². The quantitative estimate of drug-likeness (QED) is 0.775. The third-order valence-corrected chi connectivity index (χ3v) is 5.83. The summed E-state index contributed by atoms with van der Waals surface area (Å²) in [6, 6.07) is 5.70. The minimum absolute atomic E-state index is 0.156. The molecule has 0 aromatic heterocycles. The Kier molecular flexibility index (Phi) is 4.35. The Morgan fingerprint density at radius 2 is 1.26 bits per heavy atom. The van der Waals surface area contributed by atoms with Crippen LogP contribution >= 0.6 is 0 Å². The molecule has 7 heteroatoms. The van der Waals surface area contributed by atoms with Gasteiger partial charge in [-0.1, -0.05) is 0 Å². The van der Waals surface area contributed by atoms with Gasteiger partial charge in [-0.3, -0.25) is 9.59 Å². The van der Waals surface area contributed by atoms with E-state index in [2.05, 4.69) is 10.6 Å². The van der Waals surface area contributed by atoms with E-state index in [1.807, 2.05) is 27.7 Å². The second-order valence-corrected chi connectivity index (χ2v) is 8.93. The van der Waals surface area contributed by atoms with Crippen molar-refractivity contribution in [1.29, 1.82) is 0 Å². The predicted octanol–water partition coefficient (Wildman–Crippen LogP) is 1.77. The lowest BCUT2D eigenvalue weighted by atomic mass is 9.77. The van der Waals surface area contributed by atoms with Gasteiger partial charge in [0.1, 0.15) is 0 Å². The van der Waals surface area contributed by atoms with Crippen LogP contribution in [0.3, 0.4) is 0 Å². The van der Waals surface area contributed by atoms with E-state index in [0.717, 1.165) is 25.7 Å². The minimum Gasteiger partial charge on any atom is -0.399 e. The summed E-state index contributed by atoms with van der Waals surface area (Å²) in [6.45, 7) is 7.93. The highest BCUT2D eigenvalue weighted by atomic mass is 16.7. The van der Waals surface area contributed by atoms with E-state index in [1.165, 1.54) is 0 Å². The Labute approximate surface area is 160 Å². The number of rotatable bonds is 5. The van der Waals surface area contributed by atoms with Gasteiger partial charge >= 0.3 is 7.12 Å². The van der Waals surface area contributed by atoms with Crippen LogP contribution in [0.2, 0.25) is 0 Å². The van der Waals surface area contributed by atoms with Crippen LogP contribution in [0.5, 0.6) is 0 Å². The molecule has 3 fully saturated rings. The summed E-state index contributed by atoms with van der Waals surface area (Å²) >= 11 is 0. The first-order chi connectivity index (χ1) is 12.6. The average Bonchev–Trinajstić information content (AvgIpc) is 3.49. The van der Waals surface area contributed by atoms with Gasteiger partial charge in [-0.2, -0.15) is 0 Å². The molecule has 2 aliphatic carbocycles. The lowest BCUT2D eigenvalue weighted by molar-refractivity contribution is 0.00578. The van der Waals surface area contributed by atoms with Gasteiger partial charge in [0.2, 0.25) is 0 Å². The van der Waals surface area contributed by atoms with E-state index < -0.39 is 18.3 Å². The van der Waals surface area contributed by atoms with Crippen LogP contribution in [0.4, 0.5) is 0 Å². The standard InChI is InChI=1S/C20H27BN2O4/c1-19(2)20(3,4)27-21(26-19)14-10-12(17(24)22-15-5-6-15)9-13(11-14)18(25)23-16-7-8-16/h9-11,15-16H,5-8H2,1-4H3,(H,22,24)(H,23,25). The molecule has 0 bridgehead atoms. The molecule has 1 aromatic rings. The third kappa shape index (κ3) is 3.89. The molecule has 2 amide bonds. The second-order valence-electron chi connectivity index (χ2n) is 8.93. The maximum absolute atomic E-state index is 12.6. The van der Waals surface area contributed by atoms with Crippen LogP contribution < -0.4 is 16.1 Å². The van der Waals surface area contributed by atoms with Crippen molar-refractivity contribution < 1.29 is 18.9 Å². The number of carbonyl (C=O) groups excluding carboxylic acids is 2. The van der Waals surface area contributed by atoms with Crippen molar-refractivity contribution in [3.05, 3.63) is 29.3 Å². The third-order valence-electron chi connectivity index (χ3n) is 5.83. The molecule has 6 nitrogen and oxygen atoms in total. The van der Waals surface area contributed by atoms with Crippen LogP contribution in [0.1, 0.15) is 74.1 Å². The molecule has 1 aliphatic heterocycles. The summed E-state index contributed by atoms with van der Waals surface area (Å²) in [4.78, 5) is 25.2. The summed E-state index contributed by atoms with van der Waals surface area (Å²) in [5, 5.41) is 5.97. The van der Waals surface area contributed by atoms with Crippen molar-refractivity contribution in [2.45, 2.75) is 76.7 Å². The van der Waals surface area contributed by atoms with Crippen LogP contribution in [0, 0.1) is 0 Å². The highest BCUT2D eigenvalue weighted by molar-refractivity contribution is 6.62. The summed E-state index contributed by atoms with van der Waals surface area (Å²) in [6.07, 6.45) is 4.05. The van der Waals surface area contributed by atoms with Gasteiger partial charge in [0.05, 0.1) is 11.2 Å². The van der Waals surface area contributed by atoms with Crippen LogP contribution in [-0.4, -0.2) is 42.2 Å². The van der Waals surface area contributed by atoms with Gasteiger partial charge in [-0.25, -0.2) is 0 Å². The Morgan fingerprint density at radius 3 is 1.63 bits per heavy atom. The Balaban J connectivity index is 1.64. The van der Waals surface area contributed by atoms with Crippen molar-refractivity contribution in [2.24, 2.45) is 0 Å². The van der Waals surface area contributed by atoms with E-state index in [-0.39, 0.29) is 23.9 Å². The number of amides is 2. The topological polar surface area (TPSA) is 76.7 Å². The maximum Gasteiger partial charge on any atom is 0.494 e. The van der Waals surface area contributed by atoms with E-state index in [9.17, 15) is 9.59 Å². The van der Waals surface area contributed by atoms with Gasteiger partial charge in [0, 0.05) is 23.2 Å². The van der Waals surface area contributed by atoms with Gasteiger partial charge in [-0.15, -0.1) is 0 Å². The van der Waals surface area contributed by atoms with Gasteiger partial charge in [0.15, 0.2) is 0 Å². The summed E-state index contributed by atoms with van der Waals surface area (Å²) in [5.41, 5.74) is 0.656. The second kappa shape index (κ2) is 6.35. The zero-order valence-electron chi connectivity index (χ0n) is 16.4. The monoisotopic (exact) mass is 370 g/mol. The molecule has 0 unspecified atom stereocenters.